The molecule has 0 aliphatic heterocycles. The van der Waals surface area contributed by atoms with E-state index in [0.717, 1.165) is 18.5 Å². The maximum atomic E-state index is 3.89. The van der Waals surface area contributed by atoms with Crippen LogP contribution in [0.5, 0.6) is 0 Å². The Balaban J connectivity index is 1.91. The highest BCUT2D eigenvalue weighted by Gasteiger charge is 2.00. The molecule has 7 nitrogen and oxygen atoms in total. The topological polar surface area (TPSA) is 96.0 Å². The van der Waals surface area contributed by atoms with Crippen LogP contribution >= 0.6 is 0 Å². The average molecular weight is 165 g/mol. The zero-order valence-corrected chi connectivity index (χ0v) is 6.23. The van der Waals surface area contributed by atoms with Crippen LogP contribution < -0.4 is 0 Å². The standard InChI is InChI=1S/C5H7N7/c1(4-3-6-10-7-4)2-5-8-11-12-9-5/h3H,1-2H2,(H,6,7,10)(H,8,9,11,12). The van der Waals surface area contributed by atoms with E-state index in [4.69, 9.17) is 0 Å². The van der Waals surface area contributed by atoms with Crippen molar-refractivity contribution in [2.45, 2.75) is 12.8 Å². The first-order chi connectivity index (χ1) is 5.95. The maximum absolute atomic E-state index is 3.89. The van der Waals surface area contributed by atoms with Gasteiger partial charge in [0.15, 0.2) is 5.82 Å². The fourth-order valence-electron chi connectivity index (χ4n) is 0.874. The Morgan fingerprint density at radius 1 is 1.17 bits per heavy atom. The zero-order chi connectivity index (χ0) is 8.23. The van der Waals surface area contributed by atoms with Crippen molar-refractivity contribution in [1.29, 1.82) is 0 Å². The zero-order valence-electron chi connectivity index (χ0n) is 6.23. The second kappa shape index (κ2) is 3.07. The van der Waals surface area contributed by atoms with E-state index in [-0.39, 0.29) is 0 Å². The fraction of sp³-hybridized carbons (Fsp3) is 0.400. The SMILES string of the molecule is c1n[nH]nc1CCc1nn[nH]n1. The van der Waals surface area contributed by atoms with Gasteiger partial charge in [-0.3, -0.25) is 0 Å². The lowest BCUT2D eigenvalue weighted by atomic mass is 10.2. The van der Waals surface area contributed by atoms with Gasteiger partial charge in [-0.15, -0.1) is 10.2 Å². The van der Waals surface area contributed by atoms with Gasteiger partial charge < -0.3 is 0 Å². The van der Waals surface area contributed by atoms with Crippen molar-refractivity contribution in [2.75, 3.05) is 0 Å². The predicted octanol–water partition coefficient (Wildman–Crippen LogP) is -0.897. The highest BCUT2D eigenvalue weighted by molar-refractivity contribution is 4.93. The van der Waals surface area contributed by atoms with Crippen molar-refractivity contribution in [2.24, 2.45) is 0 Å². The minimum atomic E-state index is 0.693. The second-order valence-corrected chi connectivity index (χ2v) is 2.29. The average Bonchev–Trinajstić information content (AvgIpc) is 2.74. The Kier molecular flexibility index (Phi) is 1.77. The lowest BCUT2D eigenvalue weighted by molar-refractivity contribution is 0.826. The predicted molar refractivity (Wildman–Crippen MR) is 38.0 cm³/mol. The number of aromatic amines is 2. The summed E-state index contributed by atoms with van der Waals surface area (Å²) in [6.07, 6.45) is 3.18. The summed E-state index contributed by atoms with van der Waals surface area (Å²) in [4.78, 5) is 0. The summed E-state index contributed by atoms with van der Waals surface area (Å²) in [5.41, 5.74) is 0.903. The Morgan fingerprint density at radius 2 is 2.17 bits per heavy atom. The van der Waals surface area contributed by atoms with Crippen molar-refractivity contribution in [3.05, 3.63) is 17.7 Å². The number of tetrazole rings is 1. The minimum absolute atomic E-state index is 0.693. The molecule has 0 amide bonds. The van der Waals surface area contributed by atoms with Crippen LogP contribution in [0.2, 0.25) is 0 Å². The van der Waals surface area contributed by atoms with Crippen LogP contribution in [0.1, 0.15) is 11.5 Å². The van der Waals surface area contributed by atoms with Crippen molar-refractivity contribution in [3.8, 4) is 0 Å². The number of nitrogens with one attached hydrogen (secondary N) is 2. The largest absolute Gasteiger partial charge is 0.198 e. The third-order valence-electron chi connectivity index (χ3n) is 1.46. The molecular weight excluding hydrogens is 158 g/mol. The van der Waals surface area contributed by atoms with Crippen LogP contribution in [-0.4, -0.2) is 36.0 Å². The number of H-pyrrole nitrogens is 2. The number of aromatic nitrogens is 7. The molecule has 0 spiro atoms. The lowest BCUT2D eigenvalue weighted by Gasteiger charge is -1.88. The van der Waals surface area contributed by atoms with Crippen LogP contribution in [0.3, 0.4) is 0 Å². The molecular formula is C5H7N7. The van der Waals surface area contributed by atoms with Crippen molar-refractivity contribution < 1.29 is 0 Å². The van der Waals surface area contributed by atoms with Gasteiger partial charge in [-0.25, -0.2) is 0 Å². The van der Waals surface area contributed by atoms with Gasteiger partial charge in [0, 0.05) is 12.8 Å². The van der Waals surface area contributed by atoms with Crippen LogP contribution in [0.15, 0.2) is 6.20 Å². The summed E-state index contributed by atoms with van der Waals surface area (Å²) >= 11 is 0. The molecule has 2 rings (SSSR count). The van der Waals surface area contributed by atoms with Gasteiger partial charge in [0.1, 0.15) is 0 Å². The van der Waals surface area contributed by atoms with Crippen molar-refractivity contribution in [1.82, 2.24) is 36.0 Å². The summed E-state index contributed by atoms with van der Waals surface area (Å²) in [6, 6.07) is 0. The number of nitrogens with zero attached hydrogens (tertiary/aromatic N) is 5. The first-order valence-corrected chi connectivity index (χ1v) is 3.52. The Hall–Kier alpha value is -1.79. The molecule has 0 saturated heterocycles. The third-order valence-corrected chi connectivity index (χ3v) is 1.46. The summed E-state index contributed by atoms with van der Waals surface area (Å²) < 4.78 is 0. The molecule has 2 heterocycles. The molecule has 0 saturated carbocycles. The lowest BCUT2D eigenvalue weighted by Crippen LogP contribution is -1.93. The van der Waals surface area contributed by atoms with Gasteiger partial charge in [0.05, 0.1) is 11.9 Å². The van der Waals surface area contributed by atoms with Gasteiger partial charge >= 0.3 is 0 Å². The van der Waals surface area contributed by atoms with E-state index in [9.17, 15) is 0 Å². The van der Waals surface area contributed by atoms with E-state index in [2.05, 4.69) is 36.0 Å². The molecule has 0 bridgehead atoms. The Labute approximate surface area is 67.6 Å². The molecule has 0 aliphatic rings. The van der Waals surface area contributed by atoms with Crippen LogP contribution in [0.4, 0.5) is 0 Å². The van der Waals surface area contributed by atoms with E-state index >= 15 is 0 Å². The number of hydrogen-bond acceptors (Lipinski definition) is 5. The summed E-state index contributed by atoms with van der Waals surface area (Å²) in [5.74, 6) is 0.693. The summed E-state index contributed by atoms with van der Waals surface area (Å²) in [7, 11) is 0. The quantitative estimate of drug-likeness (QED) is 0.614. The molecule has 2 aromatic heterocycles. The normalized spacial score (nSPS) is 10.3. The molecule has 0 radical (unpaired) electrons. The van der Waals surface area contributed by atoms with E-state index in [0.29, 0.717) is 5.82 Å². The van der Waals surface area contributed by atoms with Gasteiger partial charge in [-0.2, -0.15) is 20.6 Å². The Morgan fingerprint density at radius 3 is 2.83 bits per heavy atom. The second-order valence-electron chi connectivity index (χ2n) is 2.29. The molecule has 62 valence electrons. The maximum Gasteiger partial charge on any atom is 0.174 e. The molecule has 12 heavy (non-hydrogen) atoms. The smallest absolute Gasteiger partial charge is 0.174 e. The Bertz CT molecular complexity index is 275. The first kappa shape index (κ1) is 6.89. The monoisotopic (exact) mass is 165 g/mol. The third kappa shape index (κ3) is 1.44. The minimum Gasteiger partial charge on any atom is -0.198 e. The van der Waals surface area contributed by atoms with Crippen LogP contribution in [-0.2, 0) is 12.8 Å². The van der Waals surface area contributed by atoms with Crippen LogP contribution in [0.25, 0.3) is 0 Å². The number of rotatable bonds is 3. The number of hydrogen-bond donors (Lipinski definition) is 2. The molecule has 0 fully saturated rings. The van der Waals surface area contributed by atoms with Gasteiger partial charge in [-0.05, 0) is 0 Å². The molecule has 0 aliphatic carbocycles. The van der Waals surface area contributed by atoms with Crippen molar-refractivity contribution in [3.63, 3.8) is 0 Å². The van der Waals surface area contributed by atoms with Crippen molar-refractivity contribution >= 4 is 0 Å². The molecule has 2 aromatic rings. The summed E-state index contributed by atoms with van der Waals surface area (Å²) in [6.45, 7) is 0. The van der Waals surface area contributed by atoms with E-state index in [1.807, 2.05) is 0 Å². The molecule has 0 unspecified atom stereocenters. The van der Waals surface area contributed by atoms with Crippen LogP contribution in [0, 0.1) is 0 Å². The van der Waals surface area contributed by atoms with Gasteiger partial charge in [0.2, 0.25) is 0 Å². The molecule has 0 atom stereocenters. The summed E-state index contributed by atoms with van der Waals surface area (Å²) in [5, 5.41) is 23.6. The van der Waals surface area contributed by atoms with Gasteiger partial charge in [-0.1, -0.05) is 5.21 Å². The molecule has 7 heteroatoms. The molecule has 0 aromatic carbocycles. The first-order valence-electron chi connectivity index (χ1n) is 3.52. The van der Waals surface area contributed by atoms with E-state index in [1.165, 1.54) is 0 Å². The van der Waals surface area contributed by atoms with E-state index < -0.39 is 0 Å². The van der Waals surface area contributed by atoms with E-state index in [1.54, 1.807) is 6.20 Å². The highest BCUT2D eigenvalue weighted by atomic mass is 15.5. The fourth-order valence-corrected chi connectivity index (χ4v) is 0.874. The highest BCUT2D eigenvalue weighted by Crippen LogP contribution is 1.95. The number of aryl methyl sites for hydroxylation is 2. The molecule has 2 N–H and O–H groups in total. The van der Waals surface area contributed by atoms with Gasteiger partial charge in [0.25, 0.3) is 0 Å².